The molecule has 0 saturated heterocycles. The molecule has 1 atom stereocenters. The highest BCUT2D eigenvalue weighted by Gasteiger charge is 2.00. The second-order valence-corrected chi connectivity index (χ2v) is 4.17. The molecule has 0 radical (unpaired) electrons. The molecule has 0 bridgehead atoms. The van der Waals surface area contributed by atoms with Gasteiger partial charge < -0.3 is 14.8 Å². The minimum absolute atomic E-state index is 0.253. The van der Waals surface area contributed by atoms with E-state index in [9.17, 15) is 0 Å². The number of alkyl halides is 1. The third-order valence-corrected chi connectivity index (χ3v) is 2.40. The molecule has 0 fully saturated rings. The predicted molar refractivity (Wildman–Crippen MR) is 64.7 cm³/mol. The van der Waals surface area contributed by atoms with Gasteiger partial charge in [-0.3, -0.25) is 0 Å². The molecular formula is C11H24ClNO2. The van der Waals surface area contributed by atoms with Gasteiger partial charge in [0.05, 0.1) is 6.61 Å². The molecule has 0 aromatic heterocycles. The average molecular weight is 238 g/mol. The molecule has 3 nitrogen and oxygen atoms in total. The van der Waals surface area contributed by atoms with Crippen LogP contribution in [-0.2, 0) is 9.47 Å². The van der Waals surface area contributed by atoms with E-state index < -0.39 is 0 Å². The van der Waals surface area contributed by atoms with E-state index in [0.717, 1.165) is 52.2 Å². The Balaban J connectivity index is 2.98. The van der Waals surface area contributed by atoms with Crippen molar-refractivity contribution >= 4 is 11.6 Å². The third kappa shape index (κ3) is 12.1. The molecule has 92 valence electrons. The van der Waals surface area contributed by atoms with Gasteiger partial charge in [0, 0.05) is 38.8 Å². The van der Waals surface area contributed by atoms with Crippen LogP contribution in [0.1, 0.15) is 26.2 Å². The average Bonchev–Trinajstić information content (AvgIpc) is 2.22. The number of ether oxygens (including phenoxy) is 2. The summed E-state index contributed by atoms with van der Waals surface area (Å²) in [4.78, 5) is 0. The van der Waals surface area contributed by atoms with Gasteiger partial charge in [-0.15, -0.1) is 11.6 Å². The van der Waals surface area contributed by atoms with Crippen LogP contribution in [0.25, 0.3) is 0 Å². The number of methoxy groups -OCH3 is 1. The number of halogens is 1. The SMILES string of the molecule is CCCC(Cl)CNCCOCCCOC. The van der Waals surface area contributed by atoms with Crippen molar-refractivity contribution in [2.75, 3.05) is 40.0 Å². The Morgan fingerprint density at radius 2 is 2.07 bits per heavy atom. The predicted octanol–water partition coefficient (Wildman–Crippen LogP) is 2.04. The van der Waals surface area contributed by atoms with Crippen LogP contribution in [0.2, 0.25) is 0 Å². The van der Waals surface area contributed by atoms with Crippen molar-refractivity contribution in [2.45, 2.75) is 31.6 Å². The van der Waals surface area contributed by atoms with Crippen LogP contribution in [0.5, 0.6) is 0 Å². The van der Waals surface area contributed by atoms with Crippen molar-refractivity contribution in [3.63, 3.8) is 0 Å². The summed E-state index contributed by atoms with van der Waals surface area (Å²) in [7, 11) is 1.70. The van der Waals surface area contributed by atoms with Gasteiger partial charge in [0.15, 0.2) is 0 Å². The van der Waals surface area contributed by atoms with Gasteiger partial charge in [-0.1, -0.05) is 13.3 Å². The van der Waals surface area contributed by atoms with Crippen molar-refractivity contribution in [1.29, 1.82) is 0 Å². The van der Waals surface area contributed by atoms with Crippen LogP contribution in [-0.4, -0.2) is 45.4 Å². The van der Waals surface area contributed by atoms with Gasteiger partial charge in [-0.2, -0.15) is 0 Å². The molecule has 0 amide bonds. The zero-order valence-corrected chi connectivity index (χ0v) is 10.7. The smallest absolute Gasteiger partial charge is 0.0590 e. The maximum Gasteiger partial charge on any atom is 0.0590 e. The molecule has 0 aliphatic rings. The van der Waals surface area contributed by atoms with E-state index in [1.807, 2.05) is 0 Å². The Morgan fingerprint density at radius 1 is 1.27 bits per heavy atom. The lowest BCUT2D eigenvalue weighted by Gasteiger charge is -2.09. The van der Waals surface area contributed by atoms with Gasteiger partial charge in [-0.25, -0.2) is 0 Å². The third-order valence-electron chi connectivity index (χ3n) is 2.03. The van der Waals surface area contributed by atoms with Crippen molar-refractivity contribution in [3.05, 3.63) is 0 Å². The first kappa shape index (κ1) is 15.2. The zero-order chi connectivity index (χ0) is 11.4. The molecule has 0 aliphatic carbocycles. The minimum atomic E-state index is 0.253. The van der Waals surface area contributed by atoms with Crippen LogP contribution in [0.15, 0.2) is 0 Å². The fraction of sp³-hybridized carbons (Fsp3) is 1.00. The van der Waals surface area contributed by atoms with E-state index >= 15 is 0 Å². The molecule has 15 heavy (non-hydrogen) atoms. The highest BCUT2D eigenvalue weighted by Crippen LogP contribution is 2.02. The summed E-state index contributed by atoms with van der Waals surface area (Å²) >= 11 is 6.04. The normalized spacial score (nSPS) is 13.0. The van der Waals surface area contributed by atoms with Crippen molar-refractivity contribution < 1.29 is 9.47 Å². The van der Waals surface area contributed by atoms with E-state index in [1.54, 1.807) is 7.11 Å². The van der Waals surface area contributed by atoms with Crippen LogP contribution in [0, 0.1) is 0 Å². The lowest BCUT2D eigenvalue weighted by Crippen LogP contribution is -2.26. The largest absolute Gasteiger partial charge is 0.385 e. The second kappa shape index (κ2) is 12.2. The van der Waals surface area contributed by atoms with Gasteiger partial charge in [-0.05, 0) is 12.8 Å². The van der Waals surface area contributed by atoms with Crippen molar-refractivity contribution in [3.8, 4) is 0 Å². The first-order chi connectivity index (χ1) is 7.31. The number of hydrogen-bond donors (Lipinski definition) is 1. The second-order valence-electron chi connectivity index (χ2n) is 3.55. The Kier molecular flexibility index (Phi) is 12.4. The lowest BCUT2D eigenvalue weighted by atomic mass is 10.2. The molecule has 0 rings (SSSR count). The van der Waals surface area contributed by atoms with E-state index in [0.29, 0.717) is 0 Å². The van der Waals surface area contributed by atoms with E-state index in [1.165, 1.54) is 0 Å². The van der Waals surface area contributed by atoms with Gasteiger partial charge in [0.2, 0.25) is 0 Å². The standard InChI is InChI=1S/C11H24ClNO2/c1-3-5-11(12)10-13-6-9-15-8-4-7-14-2/h11,13H,3-10H2,1-2H3. The Bertz CT molecular complexity index is 125. The van der Waals surface area contributed by atoms with Crippen molar-refractivity contribution in [2.24, 2.45) is 0 Å². The first-order valence-corrected chi connectivity index (χ1v) is 6.16. The van der Waals surface area contributed by atoms with Crippen LogP contribution in [0.4, 0.5) is 0 Å². The quantitative estimate of drug-likeness (QED) is 0.441. The Hall–Kier alpha value is 0.170. The highest BCUT2D eigenvalue weighted by molar-refractivity contribution is 6.20. The van der Waals surface area contributed by atoms with Gasteiger partial charge >= 0.3 is 0 Å². The summed E-state index contributed by atoms with van der Waals surface area (Å²) in [6, 6.07) is 0. The maximum atomic E-state index is 6.04. The van der Waals surface area contributed by atoms with Crippen LogP contribution >= 0.6 is 11.6 Å². The van der Waals surface area contributed by atoms with Gasteiger partial charge in [0.25, 0.3) is 0 Å². The van der Waals surface area contributed by atoms with Gasteiger partial charge in [0.1, 0.15) is 0 Å². The summed E-state index contributed by atoms with van der Waals surface area (Å²) in [5.41, 5.74) is 0. The molecule has 1 N–H and O–H groups in total. The maximum absolute atomic E-state index is 6.04. The monoisotopic (exact) mass is 237 g/mol. The zero-order valence-electron chi connectivity index (χ0n) is 9.93. The fourth-order valence-corrected chi connectivity index (χ4v) is 1.55. The van der Waals surface area contributed by atoms with Crippen molar-refractivity contribution in [1.82, 2.24) is 5.32 Å². The first-order valence-electron chi connectivity index (χ1n) is 5.72. The van der Waals surface area contributed by atoms with Crippen LogP contribution in [0.3, 0.4) is 0 Å². The molecule has 0 aliphatic heterocycles. The molecule has 4 heteroatoms. The molecule has 0 spiro atoms. The molecule has 0 heterocycles. The van der Waals surface area contributed by atoms with E-state index in [-0.39, 0.29) is 5.38 Å². The topological polar surface area (TPSA) is 30.5 Å². The van der Waals surface area contributed by atoms with E-state index in [4.69, 9.17) is 21.1 Å². The highest BCUT2D eigenvalue weighted by atomic mass is 35.5. The molecule has 1 unspecified atom stereocenters. The summed E-state index contributed by atoms with van der Waals surface area (Å²) in [6.07, 6.45) is 3.18. The number of rotatable bonds is 11. The molecule has 0 saturated carbocycles. The Morgan fingerprint density at radius 3 is 2.73 bits per heavy atom. The summed E-state index contributed by atoms with van der Waals surface area (Å²) < 4.78 is 10.3. The molecule has 0 aromatic carbocycles. The number of hydrogen-bond acceptors (Lipinski definition) is 3. The molecular weight excluding hydrogens is 214 g/mol. The van der Waals surface area contributed by atoms with E-state index in [2.05, 4.69) is 12.2 Å². The minimum Gasteiger partial charge on any atom is -0.385 e. The molecule has 0 aromatic rings. The fourth-order valence-electron chi connectivity index (χ4n) is 1.23. The summed E-state index contributed by atoms with van der Waals surface area (Å²) in [6.45, 7) is 6.19. The number of nitrogens with one attached hydrogen (secondary N) is 1. The summed E-state index contributed by atoms with van der Waals surface area (Å²) in [5, 5.41) is 3.53. The van der Waals surface area contributed by atoms with Crippen LogP contribution < -0.4 is 5.32 Å². The lowest BCUT2D eigenvalue weighted by molar-refractivity contribution is 0.104. The summed E-state index contributed by atoms with van der Waals surface area (Å²) in [5.74, 6) is 0. The Labute approximate surface area is 98.5 Å².